The first-order valence-electron chi connectivity index (χ1n) is 13.1. The number of hydrogen-bond acceptors (Lipinski definition) is 1. The summed E-state index contributed by atoms with van der Waals surface area (Å²) in [6, 6.07) is 0. The molecular weight excluding hydrogens is 364 g/mol. The fourth-order valence-electron chi connectivity index (χ4n) is 8.75. The van der Waals surface area contributed by atoms with Crippen LogP contribution in [0, 0.1) is 52.3 Å². The van der Waals surface area contributed by atoms with Crippen LogP contribution in [0.15, 0.2) is 23.8 Å². The van der Waals surface area contributed by atoms with E-state index in [1.165, 1.54) is 50.5 Å². The Kier molecular flexibility index (Phi) is 6.15. The topological polar surface area (TPSA) is 17.1 Å². The van der Waals surface area contributed by atoms with Crippen LogP contribution >= 0.6 is 0 Å². The standard InChI is InChI=1S/C29H46O/c1-7-21(19(2)3)9-8-20(4)25-12-13-26-24-11-10-22-18-23(30)14-16-28(22,5)27(24)15-17-29(25,26)6/h8-9,18-21,24-27H,7,10-17H2,1-6H3/b9-8+/t20?,21-,24?,25-,26?,27?,28+,29-/m1/s1. The quantitative estimate of drug-likeness (QED) is 0.419. The highest BCUT2D eigenvalue weighted by atomic mass is 16.1. The molecule has 4 unspecified atom stereocenters. The van der Waals surface area contributed by atoms with Crippen LogP contribution < -0.4 is 0 Å². The van der Waals surface area contributed by atoms with Crippen molar-refractivity contribution in [3.8, 4) is 0 Å². The molecule has 3 saturated carbocycles. The molecule has 0 saturated heterocycles. The molecule has 1 nitrogen and oxygen atoms in total. The first kappa shape index (κ1) is 22.3. The minimum absolute atomic E-state index is 0.313. The van der Waals surface area contributed by atoms with Gasteiger partial charge in [0.1, 0.15) is 0 Å². The van der Waals surface area contributed by atoms with Crippen LogP contribution in [0.25, 0.3) is 0 Å². The van der Waals surface area contributed by atoms with Gasteiger partial charge in [-0.05, 0) is 110 Å². The van der Waals surface area contributed by atoms with Gasteiger partial charge in [-0.15, -0.1) is 0 Å². The Bertz CT molecular complexity index is 714. The first-order chi connectivity index (χ1) is 14.2. The lowest BCUT2D eigenvalue weighted by Crippen LogP contribution is -2.50. The minimum atomic E-state index is 0.313. The van der Waals surface area contributed by atoms with Gasteiger partial charge in [0, 0.05) is 6.42 Å². The lowest BCUT2D eigenvalue weighted by atomic mass is 9.46. The van der Waals surface area contributed by atoms with Gasteiger partial charge >= 0.3 is 0 Å². The zero-order valence-electron chi connectivity index (χ0n) is 20.5. The van der Waals surface area contributed by atoms with Crippen molar-refractivity contribution in [3.63, 3.8) is 0 Å². The third kappa shape index (κ3) is 3.57. The Morgan fingerprint density at radius 2 is 1.77 bits per heavy atom. The molecule has 0 amide bonds. The summed E-state index contributed by atoms with van der Waals surface area (Å²) in [5.41, 5.74) is 2.34. The lowest BCUT2D eigenvalue weighted by Gasteiger charge is -2.58. The molecule has 30 heavy (non-hydrogen) atoms. The van der Waals surface area contributed by atoms with Gasteiger partial charge in [-0.2, -0.15) is 0 Å². The molecule has 0 spiro atoms. The molecule has 0 radical (unpaired) electrons. The third-order valence-corrected chi connectivity index (χ3v) is 10.7. The lowest BCUT2D eigenvalue weighted by molar-refractivity contribution is -0.117. The summed E-state index contributed by atoms with van der Waals surface area (Å²) in [7, 11) is 0. The highest BCUT2D eigenvalue weighted by Crippen LogP contribution is 2.67. The summed E-state index contributed by atoms with van der Waals surface area (Å²) in [5.74, 6) is 6.01. The van der Waals surface area contributed by atoms with E-state index in [2.05, 4.69) is 59.8 Å². The van der Waals surface area contributed by atoms with Gasteiger partial charge in [0.05, 0.1) is 0 Å². The van der Waals surface area contributed by atoms with Crippen molar-refractivity contribution < 1.29 is 4.79 Å². The molecule has 4 aliphatic rings. The Hall–Kier alpha value is -0.850. The predicted octanol–water partition coefficient (Wildman–Crippen LogP) is 8.01. The van der Waals surface area contributed by atoms with E-state index in [1.54, 1.807) is 0 Å². The van der Waals surface area contributed by atoms with Gasteiger partial charge in [-0.3, -0.25) is 4.79 Å². The second-order valence-corrected chi connectivity index (χ2v) is 12.3. The number of carbonyl (C=O) groups is 1. The maximum atomic E-state index is 12.1. The number of hydrogen-bond donors (Lipinski definition) is 0. The molecule has 0 aromatic carbocycles. The molecule has 0 aromatic heterocycles. The average molecular weight is 411 g/mol. The smallest absolute Gasteiger partial charge is 0.155 e. The summed E-state index contributed by atoms with van der Waals surface area (Å²) in [5, 5.41) is 0. The Morgan fingerprint density at radius 1 is 1.00 bits per heavy atom. The number of carbonyl (C=O) groups excluding carboxylic acids is 1. The fourth-order valence-corrected chi connectivity index (χ4v) is 8.75. The van der Waals surface area contributed by atoms with Crippen molar-refractivity contribution in [3.05, 3.63) is 23.8 Å². The van der Waals surface area contributed by atoms with Gasteiger partial charge in [0.2, 0.25) is 0 Å². The first-order valence-corrected chi connectivity index (χ1v) is 13.1. The minimum Gasteiger partial charge on any atom is -0.295 e. The van der Waals surface area contributed by atoms with E-state index < -0.39 is 0 Å². The van der Waals surface area contributed by atoms with E-state index in [-0.39, 0.29) is 0 Å². The zero-order valence-corrected chi connectivity index (χ0v) is 20.5. The summed E-state index contributed by atoms with van der Waals surface area (Å²) < 4.78 is 0. The molecular formula is C29H46O. The summed E-state index contributed by atoms with van der Waals surface area (Å²) in [4.78, 5) is 12.1. The van der Waals surface area contributed by atoms with Crippen molar-refractivity contribution in [1.29, 1.82) is 0 Å². The van der Waals surface area contributed by atoms with Crippen molar-refractivity contribution >= 4 is 5.78 Å². The average Bonchev–Trinajstić information content (AvgIpc) is 3.06. The maximum Gasteiger partial charge on any atom is 0.155 e. The molecule has 1 heteroatoms. The number of rotatable bonds is 5. The normalized spacial score (nSPS) is 43.2. The Balaban J connectivity index is 1.52. The van der Waals surface area contributed by atoms with Gasteiger partial charge < -0.3 is 0 Å². The van der Waals surface area contributed by atoms with E-state index in [0.717, 1.165) is 48.3 Å². The highest BCUT2D eigenvalue weighted by molar-refractivity contribution is 5.91. The van der Waals surface area contributed by atoms with Crippen molar-refractivity contribution in [1.82, 2.24) is 0 Å². The van der Waals surface area contributed by atoms with Crippen LogP contribution in [0.1, 0.15) is 99.3 Å². The summed E-state index contributed by atoms with van der Waals surface area (Å²) in [6.07, 6.45) is 18.5. The molecule has 4 rings (SSSR count). The van der Waals surface area contributed by atoms with Crippen LogP contribution in [0.5, 0.6) is 0 Å². The van der Waals surface area contributed by atoms with Crippen LogP contribution in [-0.4, -0.2) is 5.78 Å². The predicted molar refractivity (Wildman–Crippen MR) is 127 cm³/mol. The van der Waals surface area contributed by atoms with E-state index in [4.69, 9.17) is 0 Å². The number of allylic oxidation sites excluding steroid dienone is 3. The Morgan fingerprint density at radius 3 is 2.47 bits per heavy atom. The fraction of sp³-hybridized carbons (Fsp3) is 0.828. The van der Waals surface area contributed by atoms with Crippen LogP contribution in [0.3, 0.4) is 0 Å². The molecule has 0 heterocycles. The maximum absolute atomic E-state index is 12.1. The molecule has 0 bridgehead atoms. The second kappa shape index (κ2) is 8.25. The van der Waals surface area contributed by atoms with E-state index in [1.807, 2.05) is 0 Å². The second-order valence-electron chi connectivity index (χ2n) is 12.3. The van der Waals surface area contributed by atoms with Crippen molar-refractivity contribution in [2.24, 2.45) is 52.3 Å². The van der Waals surface area contributed by atoms with Crippen LogP contribution in [0.2, 0.25) is 0 Å². The largest absolute Gasteiger partial charge is 0.295 e. The molecule has 0 aliphatic heterocycles. The van der Waals surface area contributed by atoms with E-state index in [0.29, 0.717) is 22.5 Å². The number of fused-ring (bicyclic) bond motifs is 5. The monoisotopic (exact) mass is 410 g/mol. The van der Waals surface area contributed by atoms with E-state index in [9.17, 15) is 4.79 Å². The SMILES string of the molecule is CC[C@H](/C=C/C(C)[C@H]1CCC2C3CCC4=CC(=O)CC[C@]4(C)C3CC[C@@]21C)C(C)C. The number of ketones is 1. The summed E-state index contributed by atoms with van der Waals surface area (Å²) >= 11 is 0. The molecule has 8 atom stereocenters. The van der Waals surface area contributed by atoms with Crippen LogP contribution in [-0.2, 0) is 4.79 Å². The van der Waals surface area contributed by atoms with Gasteiger partial charge in [-0.1, -0.05) is 59.3 Å². The van der Waals surface area contributed by atoms with Gasteiger partial charge in [0.25, 0.3) is 0 Å². The molecule has 0 aromatic rings. The third-order valence-electron chi connectivity index (χ3n) is 10.7. The molecule has 168 valence electrons. The van der Waals surface area contributed by atoms with Crippen LogP contribution in [0.4, 0.5) is 0 Å². The highest BCUT2D eigenvalue weighted by Gasteiger charge is 2.59. The van der Waals surface area contributed by atoms with E-state index >= 15 is 0 Å². The molecule has 4 aliphatic carbocycles. The molecule has 3 fully saturated rings. The van der Waals surface area contributed by atoms with Crippen molar-refractivity contribution in [2.45, 2.75) is 99.3 Å². The Labute approximate surface area is 186 Å². The van der Waals surface area contributed by atoms with Crippen molar-refractivity contribution in [2.75, 3.05) is 0 Å². The van der Waals surface area contributed by atoms with Gasteiger partial charge in [-0.25, -0.2) is 0 Å². The molecule has 0 N–H and O–H groups in total. The zero-order chi connectivity index (χ0) is 21.7. The van der Waals surface area contributed by atoms with Gasteiger partial charge in [0.15, 0.2) is 5.78 Å². The summed E-state index contributed by atoms with van der Waals surface area (Å²) in [6.45, 7) is 14.7.